The zero-order valence-corrected chi connectivity index (χ0v) is 11.7. The Bertz CT molecular complexity index is 383. The molecule has 0 saturated carbocycles. The summed E-state index contributed by atoms with van der Waals surface area (Å²) in [5.41, 5.74) is 3.31. The fourth-order valence-electron chi connectivity index (χ4n) is 1.93. The van der Waals surface area contributed by atoms with Gasteiger partial charge in [0.2, 0.25) is 0 Å². The largest absolute Gasteiger partial charge is 0.507 e. The molecule has 17 heavy (non-hydrogen) atoms. The van der Waals surface area contributed by atoms with Gasteiger partial charge in [-0.05, 0) is 36.4 Å². The second-order valence-corrected chi connectivity index (χ2v) is 5.33. The van der Waals surface area contributed by atoms with Crippen molar-refractivity contribution in [1.29, 1.82) is 0 Å². The molecule has 2 nitrogen and oxygen atoms in total. The second-order valence-electron chi connectivity index (χ2n) is 5.33. The Balaban J connectivity index is 3.15. The molecule has 1 aromatic carbocycles. The van der Waals surface area contributed by atoms with E-state index in [2.05, 4.69) is 45.1 Å². The number of phenolic OH excluding ortho intramolecular Hbond substituents is 1. The summed E-state index contributed by atoms with van der Waals surface area (Å²) < 4.78 is 0. The molecule has 2 N–H and O–H groups in total. The molecule has 2 heteroatoms. The van der Waals surface area contributed by atoms with E-state index >= 15 is 0 Å². The van der Waals surface area contributed by atoms with Crippen LogP contribution in [0.5, 0.6) is 5.75 Å². The zero-order valence-electron chi connectivity index (χ0n) is 11.7. The van der Waals surface area contributed by atoms with Crippen molar-refractivity contribution in [3.63, 3.8) is 0 Å². The first-order valence-corrected chi connectivity index (χ1v) is 6.46. The Labute approximate surface area is 105 Å². The third kappa shape index (κ3) is 3.22. The Morgan fingerprint density at radius 1 is 1.24 bits per heavy atom. The van der Waals surface area contributed by atoms with Crippen molar-refractivity contribution < 1.29 is 5.11 Å². The predicted octanol–water partition coefficient (Wildman–Crippen LogP) is 3.50. The maximum Gasteiger partial charge on any atom is 0.122 e. The van der Waals surface area contributed by atoms with Crippen molar-refractivity contribution in [2.45, 2.75) is 53.0 Å². The van der Waals surface area contributed by atoms with Gasteiger partial charge >= 0.3 is 0 Å². The van der Waals surface area contributed by atoms with E-state index in [0.29, 0.717) is 5.75 Å². The molecule has 0 fully saturated rings. The van der Waals surface area contributed by atoms with E-state index in [0.717, 1.165) is 30.6 Å². The molecule has 1 rings (SSSR count). The molecule has 0 atom stereocenters. The molecule has 0 unspecified atom stereocenters. The summed E-state index contributed by atoms with van der Waals surface area (Å²) in [5.74, 6) is 0.456. The molecule has 0 spiro atoms. The van der Waals surface area contributed by atoms with Crippen LogP contribution < -0.4 is 5.32 Å². The minimum absolute atomic E-state index is 0.0249. The SMILES string of the molecule is CCNCc1cc(C)c(O)c(C(C)(C)CC)c1. The van der Waals surface area contributed by atoms with Gasteiger partial charge in [-0.2, -0.15) is 0 Å². The third-order valence-corrected chi connectivity index (χ3v) is 3.55. The van der Waals surface area contributed by atoms with Gasteiger partial charge in [-0.15, -0.1) is 0 Å². The van der Waals surface area contributed by atoms with E-state index in [-0.39, 0.29) is 5.41 Å². The average Bonchev–Trinajstić information content (AvgIpc) is 2.30. The van der Waals surface area contributed by atoms with Crippen molar-refractivity contribution in [3.05, 3.63) is 28.8 Å². The van der Waals surface area contributed by atoms with Gasteiger partial charge in [-0.3, -0.25) is 0 Å². The van der Waals surface area contributed by atoms with Crippen LogP contribution in [0.1, 0.15) is 50.8 Å². The van der Waals surface area contributed by atoms with Crippen LogP contribution in [0, 0.1) is 6.92 Å². The Hall–Kier alpha value is -1.02. The first kappa shape index (κ1) is 14.0. The van der Waals surface area contributed by atoms with Gasteiger partial charge in [0.25, 0.3) is 0 Å². The number of phenols is 1. The second kappa shape index (κ2) is 5.54. The van der Waals surface area contributed by atoms with Crippen LogP contribution in [0.15, 0.2) is 12.1 Å². The summed E-state index contributed by atoms with van der Waals surface area (Å²) in [4.78, 5) is 0. The zero-order chi connectivity index (χ0) is 13.1. The fourth-order valence-corrected chi connectivity index (χ4v) is 1.93. The first-order valence-electron chi connectivity index (χ1n) is 6.46. The summed E-state index contributed by atoms with van der Waals surface area (Å²) in [6.45, 7) is 12.4. The highest BCUT2D eigenvalue weighted by atomic mass is 16.3. The van der Waals surface area contributed by atoms with Crippen molar-refractivity contribution in [1.82, 2.24) is 5.32 Å². The number of aryl methyl sites for hydroxylation is 1. The number of hydrogen-bond donors (Lipinski definition) is 2. The van der Waals surface area contributed by atoms with Crippen LogP contribution in [-0.2, 0) is 12.0 Å². The maximum atomic E-state index is 10.2. The predicted molar refractivity (Wildman–Crippen MR) is 73.5 cm³/mol. The normalized spacial score (nSPS) is 11.8. The Morgan fingerprint density at radius 2 is 1.88 bits per heavy atom. The molecular formula is C15H25NO. The number of benzene rings is 1. The maximum absolute atomic E-state index is 10.2. The molecule has 0 heterocycles. The van der Waals surface area contributed by atoms with Gasteiger partial charge in [0.15, 0.2) is 0 Å². The first-order chi connectivity index (χ1) is 7.92. The standard InChI is InChI=1S/C15H25NO/c1-6-15(4,5)13-9-12(10-16-7-2)8-11(3)14(13)17/h8-9,16-17H,6-7,10H2,1-5H3. The lowest BCUT2D eigenvalue weighted by Gasteiger charge is -2.26. The quantitative estimate of drug-likeness (QED) is 0.818. The summed E-state index contributed by atoms with van der Waals surface area (Å²) in [5, 5.41) is 13.5. The molecule has 1 aromatic rings. The van der Waals surface area contributed by atoms with E-state index in [1.54, 1.807) is 0 Å². The van der Waals surface area contributed by atoms with Gasteiger partial charge in [0.1, 0.15) is 5.75 Å². The number of nitrogens with one attached hydrogen (secondary N) is 1. The minimum Gasteiger partial charge on any atom is -0.507 e. The van der Waals surface area contributed by atoms with Gasteiger partial charge in [0.05, 0.1) is 0 Å². The molecule has 0 aliphatic rings. The molecule has 96 valence electrons. The lowest BCUT2D eigenvalue weighted by atomic mass is 9.80. The highest BCUT2D eigenvalue weighted by Gasteiger charge is 2.23. The smallest absolute Gasteiger partial charge is 0.122 e. The lowest BCUT2D eigenvalue weighted by molar-refractivity contribution is 0.425. The minimum atomic E-state index is 0.0249. The van der Waals surface area contributed by atoms with Crippen molar-refractivity contribution >= 4 is 0 Å². The fraction of sp³-hybridized carbons (Fsp3) is 0.600. The van der Waals surface area contributed by atoms with E-state index in [4.69, 9.17) is 0 Å². The van der Waals surface area contributed by atoms with E-state index in [1.165, 1.54) is 5.56 Å². The summed E-state index contributed by atoms with van der Waals surface area (Å²) in [6, 6.07) is 4.20. The number of rotatable bonds is 5. The Morgan fingerprint density at radius 3 is 2.41 bits per heavy atom. The van der Waals surface area contributed by atoms with Gasteiger partial charge in [-0.1, -0.05) is 39.8 Å². The van der Waals surface area contributed by atoms with Gasteiger partial charge in [0, 0.05) is 12.1 Å². The highest BCUT2D eigenvalue weighted by Crippen LogP contribution is 2.36. The lowest BCUT2D eigenvalue weighted by Crippen LogP contribution is -2.18. The Kier molecular flexibility index (Phi) is 4.58. The monoisotopic (exact) mass is 235 g/mol. The van der Waals surface area contributed by atoms with E-state index < -0.39 is 0 Å². The van der Waals surface area contributed by atoms with Crippen LogP contribution in [-0.4, -0.2) is 11.7 Å². The molecular weight excluding hydrogens is 210 g/mol. The van der Waals surface area contributed by atoms with Gasteiger partial charge < -0.3 is 10.4 Å². The third-order valence-electron chi connectivity index (χ3n) is 3.55. The molecule has 0 amide bonds. The molecule has 0 bridgehead atoms. The summed E-state index contributed by atoms with van der Waals surface area (Å²) in [6.07, 6.45) is 1.02. The molecule has 0 aliphatic carbocycles. The van der Waals surface area contributed by atoms with Crippen LogP contribution in [0.2, 0.25) is 0 Å². The highest BCUT2D eigenvalue weighted by molar-refractivity contribution is 5.46. The van der Waals surface area contributed by atoms with Crippen LogP contribution >= 0.6 is 0 Å². The molecule has 0 aromatic heterocycles. The van der Waals surface area contributed by atoms with Crippen LogP contribution in [0.3, 0.4) is 0 Å². The van der Waals surface area contributed by atoms with E-state index in [9.17, 15) is 5.11 Å². The van der Waals surface area contributed by atoms with Crippen molar-refractivity contribution in [2.75, 3.05) is 6.54 Å². The topological polar surface area (TPSA) is 32.3 Å². The number of aromatic hydroxyl groups is 1. The summed E-state index contributed by atoms with van der Waals surface area (Å²) >= 11 is 0. The van der Waals surface area contributed by atoms with Crippen LogP contribution in [0.25, 0.3) is 0 Å². The average molecular weight is 235 g/mol. The van der Waals surface area contributed by atoms with Crippen molar-refractivity contribution in [2.24, 2.45) is 0 Å². The van der Waals surface area contributed by atoms with E-state index in [1.807, 2.05) is 6.92 Å². The van der Waals surface area contributed by atoms with Crippen LogP contribution in [0.4, 0.5) is 0 Å². The van der Waals surface area contributed by atoms with Gasteiger partial charge in [-0.25, -0.2) is 0 Å². The number of hydrogen-bond acceptors (Lipinski definition) is 2. The molecule has 0 saturated heterocycles. The summed E-state index contributed by atoms with van der Waals surface area (Å²) in [7, 11) is 0. The molecule has 0 radical (unpaired) electrons. The van der Waals surface area contributed by atoms with Crippen molar-refractivity contribution in [3.8, 4) is 5.75 Å². The molecule has 0 aliphatic heterocycles.